The molecule has 1 aromatic rings. The van der Waals surface area contributed by atoms with Gasteiger partial charge in [0.2, 0.25) is 0 Å². The van der Waals surface area contributed by atoms with Crippen molar-refractivity contribution in [3.05, 3.63) is 21.7 Å². The van der Waals surface area contributed by atoms with Gasteiger partial charge in [0.25, 0.3) is 0 Å². The van der Waals surface area contributed by atoms with Crippen LogP contribution in [0.3, 0.4) is 0 Å². The molecule has 1 heterocycles. The van der Waals surface area contributed by atoms with Gasteiger partial charge in [-0.25, -0.2) is 4.98 Å². The van der Waals surface area contributed by atoms with Gasteiger partial charge < -0.3 is 9.32 Å². The molecule has 0 saturated heterocycles. The van der Waals surface area contributed by atoms with E-state index in [1.54, 1.807) is 11.3 Å². The summed E-state index contributed by atoms with van der Waals surface area (Å²) in [6, 6.07) is 0. The molecular weight excluding hydrogens is 229 g/mol. The molecule has 1 aromatic heterocycles. The van der Waals surface area contributed by atoms with Crippen LogP contribution in [0.1, 0.15) is 24.0 Å². The molecule has 0 bridgehead atoms. The summed E-state index contributed by atoms with van der Waals surface area (Å²) in [4.78, 5) is 14.7. The Labute approximate surface area is 95.8 Å². The number of carbonyl (C=O) groups is 1. The Balaban J connectivity index is 2.76. The van der Waals surface area contributed by atoms with Crippen molar-refractivity contribution in [1.29, 1.82) is 0 Å². The molecule has 15 heavy (non-hydrogen) atoms. The van der Waals surface area contributed by atoms with Crippen LogP contribution in [0.15, 0.2) is 11.0 Å². The molecule has 2 unspecified atom stereocenters. The van der Waals surface area contributed by atoms with Gasteiger partial charge in [-0.15, -0.1) is 11.3 Å². The van der Waals surface area contributed by atoms with Crippen LogP contribution in [0.5, 0.6) is 0 Å². The zero-order valence-electron chi connectivity index (χ0n) is 8.77. The molecule has 0 fully saturated rings. The zero-order valence-corrected chi connectivity index (χ0v) is 10.7. The SMILES string of the molecule is C/C(=C\c1csc(C)n1)C(CC=O)OP. The Kier molecular flexibility index (Phi) is 5.09. The van der Waals surface area contributed by atoms with Crippen molar-refractivity contribution in [2.45, 2.75) is 26.4 Å². The molecule has 0 aliphatic carbocycles. The Morgan fingerprint density at radius 2 is 2.53 bits per heavy atom. The predicted octanol–water partition coefficient (Wildman–Crippen LogP) is 2.62. The Morgan fingerprint density at radius 1 is 1.80 bits per heavy atom. The van der Waals surface area contributed by atoms with E-state index in [0.29, 0.717) is 6.42 Å². The molecule has 0 radical (unpaired) electrons. The van der Waals surface area contributed by atoms with Gasteiger partial charge >= 0.3 is 0 Å². The predicted molar refractivity (Wildman–Crippen MR) is 65.8 cm³/mol. The highest BCUT2D eigenvalue weighted by atomic mass is 32.1. The molecule has 0 spiro atoms. The first-order valence-electron chi connectivity index (χ1n) is 4.57. The molecule has 0 aliphatic rings. The fourth-order valence-electron chi connectivity index (χ4n) is 1.21. The molecule has 82 valence electrons. The van der Waals surface area contributed by atoms with Gasteiger partial charge in [-0.2, -0.15) is 0 Å². The van der Waals surface area contributed by atoms with Gasteiger partial charge in [-0.3, -0.25) is 0 Å². The van der Waals surface area contributed by atoms with Crippen molar-refractivity contribution in [3.8, 4) is 0 Å². The first kappa shape index (κ1) is 12.5. The lowest BCUT2D eigenvalue weighted by Crippen LogP contribution is -2.09. The van der Waals surface area contributed by atoms with Crippen LogP contribution in [0.4, 0.5) is 0 Å². The molecule has 2 atom stereocenters. The van der Waals surface area contributed by atoms with Crippen molar-refractivity contribution in [3.63, 3.8) is 0 Å². The highest BCUT2D eigenvalue weighted by molar-refractivity contribution is 7.10. The van der Waals surface area contributed by atoms with Crippen molar-refractivity contribution < 1.29 is 9.32 Å². The molecule has 0 aliphatic heterocycles. The van der Waals surface area contributed by atoms with E-state index >= 15 is 0 Å². The molecule has 0 saturated carbocycles. The number of nitrogens with zero attached hydrogens (tertiary/aromatic N) is 1. The second-order valence-electron chi connectivity index (χ2n) is 3.21. The van der Waals surface area contributed by atoms with E-state index in [4.69, 9.17) is 4.52 Å². The van der Waals surface area contributed by atoms with Crippen LogP contribution in [-0.2, 0) is 9.32 Å². The summed E-state index contributed by atoms with van der Waals surface area (Å²) in [5, 5.41) is 3.02. The van der Waals surface area contributed by atoms with E-state index in [0.717, 1.165) is 22.6 Å². The molecule has 0 N–H and O–H groups in total. The van der Waals surface area contributed by atoms with E-state index in [9.17, 15) is 4.79 Å². The highest BCUT2D eigenvalue weighted by Crippen LogP contribution is 2.17. The normalized spacial score (nSPS) is 13.9. The van der Waals surface area contributed by atoms with Crippen LogP contribution in [-0.4, -0.2) is 17.4 Å². The Hall–Kier alpha value is -0.570. The molecular formula is C10H14NO2PS. The van der Waals surface area contributed by atoms with Crippen LogP contribution in [0.25, 0.3) is 6.08 Å². The minimum absolute atomic E-state index is 0.172. The smallest absolute Gasteiger partial charge is 0.122 e. The van der Waals surface area contributed by atoms with Gasteiger partial charge in [0.15, 0.2) is 0 Å². The van der Waals surface area contributed by atoms with Crippen molar-refractivity contribution in [1.82, 2.24) is 4.98 Å². The van der Waals surface area contributed by atoms with Gasteiger partial charge in [-0.1, -0.05) is 0 Å². The van der Waals surface area contributed by atoms with E-state index in [-0.39, 0.29) is 6.10 Å². The summed E-state index contributed by atoms with van der Waals surface area (Å²) in [7, 11) is 2.19. The maximum Gasteiger partial charge on any atom is 0.122 e. The minimum atomic E-state index is -0.172. The molecule has 1 rings (SSSR count). The fourth-order valence-corrected chi connectivity index (χ4v) is 2.10. The van der Waals surface area contributed by atoms with Crippen molar-refractivity contribution >= 4 is 33.2 Å². The average molecular weight is 243 g/mol. The van der Waals surface area contributed by atoms with Crippen LogP contribution in [0.2, 0.25) is 0 Å². The maximum atomic E-state index is 10.4. The van der Waals surface area contributed by atoms with E-state index in [2.05, 4.69) is 14.5 Å². The highest BCUT2D eigenvalue weighted by Gasteiger charge is 2.09. The Bertz CT molecular complexity index is 362. The number of aryl methyl sites for hydroxylation is 1. The molecule has 0 amide bonds. The maximum absolute atomic E-state index is 10.4. The lowest BCUT2D eigenvalue weighted by Gasteiger charge is -2.11. The Morgan fingerprint density at radius 3 is 3.00 bits per heavy atom. The third kappa shape index (κ3) is 3.82. The second kappa shape index (κ2) is 6.11. The number of thiazole rings is 1. The number of rotatable bonds is 5. The van der Waals surface area contributed by atoms with Gasteiger partial charge in [0.1, 0.15) is 6.29 Å². The van der Waals surface area contributed by atoms with E-state index < -0.39 is 0 Å². The fraction of sp³-hybridized carbons (Fsp3) is 0.400. The quantitative estimate of drug-likeness (QED) is 0.589. The molecule has 0 aromatic carbocycles. The van der Waals surface area contributed by atoms with E-state index in [1.807, 2.05) is 25.3 Å². The van der Waals surface area contributed by atoms with Crippen LogP contribution >= 0.6 is 20.8 Å². The minimum Gasteiger partial charge on any atom is -0.358 e. The summed E-state index contributed by atoms with van der Waals surface area (Å²) in [5.41, 5.74) is 1.93. The zero-order chi connectivity index (χ0) is 11.3. The lowest BCUT2D eigenvalue weighted by molar-refractivity contribution is -0.108. The second-order valence-corrected chi connectivity index (χ2v) is 4.54. The number of aromatic nitrogens is 1. The third-order valence-electron chi connectivity index (χ3n) is 1.99. The number of hydrogen-bond donors (Lipinski definition) is 0. The summed E-state index contributed by atoms with van der Waals surface area (Å²) in [5.74, 6) is 0. The number of hydrogen-bond acceptors (Lipinski definition) is 4. The van der Waals surface area contributed by atoms with Gasteiger partial charge in [-0.05, 0) is 25.5 Å². The first-order valence-corrected chi connectivity index (χ1v) is 5.92. The summed E-state index contributed by atoms with van der Waals surface area (Å²) >= 11 is 1.61. The first-order chi connectivity index (χ1) is 7.17. The summed E-state index contributed by atoms with van der Waals surface area (Å²) in [6.45, 7) is 3.90. The monoisotopic (exact) mass is 243 g/mol. The van der Waals surface area contributed by atoms with Crippen molar-refractivity contribution in [2.24, 2.45) is 0 Å². The molecule has 3 nitrogen and oxygen atoms in total. The lowest BCUT2D eigenvalue weighted by atomic mass is 10.1. The van der Waals surface area contributed by atoms with Gasteiger partial charge in [0, 0.05) is 21.3 Å². The van der Waals surface area contributed by atoms with E-state index in [1.165, 1.54) is 0 Å². The number of aldehydes is 1. The summed E-state index contributed by atoms with van der Waals surface area (Å²) in [6.07, 6.45) is 3.00. The topological polar surface area (TPSA) is 39.2 Å². The van der Waals surface area contributed by atoms with Crippen LogP contribution < -0.4 is 0 Å². The average Bonchev–Trinajstić information content (AvgIpc) is 2.60. The third-order valence-corrected chi connectivity index (χ3v) is 3.12. The summed E-state index contributed by atoms with van der Waals surface area (Å²) < 4.78 is 5.12. The standard InChI is InChI=1S/C10H14NO2PS/c1-7(10(13-14)3-4-12)5-9-6-15-8(2)11-9/h4-6,10H,3,14H2,1-2H3/b7-5+. The van der Waals surface area contributed by atoms with Gasteiger partial charge in [0.05, 0.1) is 16.8 Å². The largest absolute Gasteiger partial charge is 0.358 e. The number of carbonyl (C=O) groups excluding carboxylic acids is 1. The van der Waals surface area contributed by atoms with Crippen molar-refractivity contribution in [2.75, 3.05) is 0 Å². The molecule has 5 heteroatoms. The van der Waals surface area contributed by atoms with Crippen LogP contribution in [0, 0.1) is 6.92 Å².